The van der Waals surface area contributed by atoms with E-state index in [2.05, 4.69) is 215 Å². The maximum Gasteiger partial charge on any atom is 0.249 e. The van der Waals surface area contributed by atoms with Crippen molar-refractivity contribution in [3.63, 3.8) is 0 Å². The highest BCUT2D eigenvalue weighted by molar-refractivity contribution is 8.00. The van der Waals surface area contributed by atoms with E-state index in [0.717, 1.165) is 6.42 Å². The van der Waals surface area contributed by atoms with Gasteiger partial charge in [0.2, 0.25) is 6.71 Å². The maximum atomic E-state index is 2.68. The molecule has 0 amide bonds. The van der Waals surface area contributed by atoms with Gasteiger partial charge >= 0.3 is 0 Å². The van der Waals surface area contributed by atoms with Crippen LogP contribution < -0.4 is 21.3 Å². The summed E-state index contributed by atoms with van der Waals surface area (Å²) in [6.07, 6.45) is 7.40. The number of aryl methyl sites for hydroxylation is 1. The summed E-state index contributed by atoms with van der Waals surface area (Å²) in [6, 6.07) is 68.7. The molecule has 0 N–H and O–H groups in total. The van der Waals surface area contributed by atoms with Gasteiger partial charge in [0.1, 0.15) is 0 Å². The van der Waals surface area contributed by atoms with Crippen LogP contribution in [0.2, 0.25) is 0 Å². The predicted molar refractivity (Wildman–Crippen MR) is 269 cm³/mol. The monoisotopic (exact) mass is 819 g/mol. The van der Waals surface area contributed by atoms with E-state index in [-0.39, 0.29) is 12.1 Å². The van der Waals surface area contributed by atoms with Gasteiger partial charge in [-0.15, -0.1) is 0 Å². The average Bonchev–Trinajstić information content (AvgIpc) is 3.31. The number of hydrogen-bond acceptors (Lipinski definition) is 2. The maximum absolute atomic E-state index is 2.68. The molecule has 0 aliphatic carbocycles. The zero-order valence-corrected chi connectivity index (χ0v) is 37.3. The molecule has 0 spiro atoms. The van der Waals surface area contributed by atoms with Crippen molar-refractivity contribution in [1.29, 1.82) is 0 Å². The summed E-state index contributed by atoms with van der Waals surface area (Å²) in [5.74, 6) is 0. The smallest absolute Gasteiger partial charge is 0.249 e. The van der Waals surface area contributed by atoms with Gasteiger partial charge in [0.25, 0.3) is 0 Å². The standard InChI is InChI=1S/C59H54BNS/c1-5-6-7-8-13-22-41-35-54-57-56(36-41)62-55-34-32-47(43-25-16-10-17-26-43)38-52(55)60(57)51-37-46(42-23-14-9-15-24-42)31-33-53(51)61(54)58-49(44-27-18-11-19-28-44)39-48(59(2,3)4)40-50(58)45-29-20-12-21-30-45/h9-12,14-21,23-40H,5-8,13,22H2,1-4H3. The number of benzene rings is 8. The minimum atomic E-state index is -0.0608. The Kier molecular flexibility index (Phi) is 11.0. The summed E-state index contributed by atoms with van der Waals surface area (Å²) in [5, 5.41) is 0. The predicted octanol–water partition coefficient (Wildman–Crippen LogP) is 14.9. The van der Waals surface area contributed by atoms with E-state index in [9.17, 15) is 0 Å². The highest BCUT2D eigenvalue weighted by Gasteiger charge is 2.42. The summed E-state index contributed by atoms with van der Waals surface area (Å²) in [7, 11) is 0. The zero-order valence-electron chi connectivity index (χ0n) is 36.5. The third kappa shape index (κ3) is 7.62. The lowest BCUT2D eigenvalue weighted by Gasteiger charge is -2.42. The Morgan fingerprint density at radius 3 is 1.56 bits per heavy atom. The third-order valence-electron chi connectivity index (χ3n) is 13.0. The number of unbranched alkanes of at least 4 members (excludes halogenated alkanes) is 4. The number of rotatable bonds is 11. The summed E-state index contributed by atoms with van der Waals surface area (Å²) in [6.45, 7) is 9.39. The van der Waals surface area contributed by atoms with Crippen LogP contribution in [0.4, 0.5) is 17.1 Å². The number of fused-ring (bicyclic) bond motifs is 4. The molecule has 8 aromatic carbocycles. The molecule has 1 nitrogen and oxygen atoms in total. The van der Waals surface area contributed by atoms with Crippen molar-refractivity contribution in [3.05, 3.63) is 193 Å². The second-order valence-corrected chi connectivity index (χ2v) is 19.3. The Morgan fingerprint density at radius 1 is 0.468 bits per heavy atom. The van der Waals surface area contributed by atoms with Gasteiger partial charge in [-0.2, -0.15) is 0 Å². The Bertz CT molecular complexity index is 2800. The molecule has 3 heteroatoms. The summed E-state index contributed by atoms with van der Waals surface area (Å²) in [4.78, 5) is 5.41. The van der Waals surface area contributed by atoms with Crippen LogP contribution in [0.3, 0.4) is 0 Å². The highest BCUT2D eigenvalue weighted by Crippen LogP contribution is 2.51. The Hall–Kier alpha value is -6.03. The van der Waals surface area contributed by atoms with Gasteiger partial charge in [0.05, 0.1) is 5.69 Å². The first kappa shape index (κ1) is 40.1. The van der Waals surface area contributed by atoms with E-state index >= 15 is 0 Å². The minimum absolute atomic E-state index is 0.0580. The van der Waals surface area contributed by atoms with Crippen molar-refractivity contribution in [3.8, 4) is 44.5 Å². The van der Waals surface area contributed by atoms with E-state index < -0.39 is 0 Å². The van der Waals surface area contributed by atoms with Crippen LogP contribution in [-0.2, 0) is 11.8 Å². The lowest BCUT2D eigenvalue weighted by molar-refractivity contribution is 0.591. The van der Waals surface area contributed by atoms with Crippen LogP contribution in [0.1, 0.15) is 70.9 Å². The normalized spacial score (nSPS) is 12.8. The van der Waals surface area contributed by atoms with Gasteiger partial charge in [-0.25, -0.2) is 0 Å². The molecule has 2 aliphatic rings. The first-order valence-corrected chi connectivity index (χ1v) is 23.5. The SMILES string of the molecule is CCCCCCCc1cc2c3c(c1)N(c1c(-c4ccccc4)cc(C(C)(C)C)cc1-c1ccccc1)c1ccc(-c4ccccc4)cc1B3c1cc(-c3ccccc3)ccc1S2. The molecule has 8 aromatic rings. The molecule has 0 saturated carbocycles. The molecule has 2 aliphatic heterocycles. The van der Waals surface area contributed by atoms with Crippen LogP contribution in [-0.4, -0.2) is 6.71 Å². The molecule has 2 heterocycles. The molecule has 10 rings (SSSR count). The molecule has 304 valence electrons. The molecular weight excluding hydrogens is 766 g/mol. The molecule has 0 atom stereocenters. The number of hydrogen-bond donors (Lipinski definition) is 0. The number of anilines is 3. The molecule has 0 radical (unpaired) electrons. The van der Waals surface area contributed by atoms with E-state index in [0.29, 0.717) is 0 Å². The summed E-state index contributed by atoms with van der Waals surface area (Å²) < 4.78 is 0. The van der Waals surface area contributed by atoms with Crippen molar-refractivity contribution in [2.75, 3.05) is 4.90 Å². The molecule has 0 unspecified atom stereocenters. The quantitative estimate of drug-likeness (QED) is 0.0945. The van der Waals surface area contributed by atoms with Gasteiger partial charge in [0.15, 0.2) is 0 Å². The second-order valence-electron chi connectivity index (χ2n) is 18.2. The average molecular weight is 820 g/mol. The largest absolute Gasteiger partial charge is 0.310 e. The Labute approximate surface area is 374 Å². The van der Waals surface area contributed by atoms with Gasteiger partial charge in [-0.3, -0.25) is 0 Å². The van der Waals surface area contributed by atoms with Crippen LogP contribution in [0.15, 0.2) is 192 Å². The van der Waals surface area contributed by atoms with E-state index in [1.54, 1.807) is 0 Å². The molecule has 62 heavy (non-hydrogen) atoms. The second kappa shape index (κ2) is 17.0. The van der Waals surface area contributed by atoms with Crippen molar-refractivity contribution in [1.82, 2.24) is 0 Å². The fourth-order valence-electron chi connectivity index (χ4n) is 9.73. The van der Waals surface area contributed by atoms with Gasteiger partial charge in [-0.1, -0.05) is 216 Å². The third-order valence-corrected chi connectivity index (χ3v) is 14.1. The first-order valence-electron chi connectivity index (χ1n) is 22.7. The van der Waals surface area contributed by atoms with Crippen LogP contribution >= 0.6 is 11.8 Å². The van der Waals surface area contributed by atoms with Crippen LogP contribution in [0, 0.1) is 0 Å². The summed E-state index contributed by atoms with van der Waals surface area (Å²) in [5.41, 5.74) is 20.6. The number of nitrogens with zero attached hydrogens (tertiary/aromatic N) is 1. The highest BCUT2D eigenvalue weighted by atomic mass is 32.2. The minimum Gasteiger partial charge on any atom is -0.310 e. The first-order chi connectivity index (χ1) is 30.4. The molecular formula is C59H54BNS. The molecule has 0 bridgehead atoms. The topological polar surface area (TPSA) is 3.24 Å². The van der Waals surface area contributed by atoms with Crippen molar-refractivity contribution in [2.45, 2.75) is 81.4 Å². The van der Waals surface area contributed by atoms with Gasteiger partial charge in [-0.05, 0) is 110 Å². The van der Waals surface area contributed by atoms with E-state index in [1.165, 1.54) is 131 Å². The van der Waals surface area contributed by atoms with Crippen molar-refractivity contribution in [2.24, 2.45) is 0 Å². The van der Waals surface area contributed by atoms with Gasteiger partial charge in [0, 0.05) is 32.3 Å². The van der Waals surface area contributed by atoms with Gasteiger partial charge < -0.3 is 4.90 Å². The summed E-state index contributed by atoms with van der Waals surface area (Å²) >= 11 is 1.97. The van der Waals surface area contributed by atoms with E-state index in [1.807, 2.05) is 11.8 Å². The zero-order chi connectivity index (χ0) is 42.2. The van der Waals surface area contributed by atoms with Crippen molar-refractivity contribution >= 4 is 51.9 Å². The fraction of sp³-hybridized carbons (Fsp3) is 0.186. The van der Waals surface area contributed by atoms with Crippen LogP contribution in [0.25, 0.3) is 44.5 Å². The molecule has 0 fully saturated rings. The Balaban J connectivity index is 1.30. The Morgan fingerprint density at radius 2 is 1.00 bits per heavy atom. The van der Waals surface area contributed by atoms with E-state index in [4.69, 9.17) is 0 Å². The van der Waals surface area contributed by atoms with Crippen LogP contribution in [0.5, 0.6) is 0 Å². The lowest BCUT2D eigenvalue weighted by Crippen LogP contribution is -2.60. The lowest BCUT2D eigenvalue weighted by atomic mass is 9.34. The molecule has 0 aromatic heterocycles. The van der Waals surface area contributed by atoms with Crippen molar-refractivity contribution < 1.29 is 0 Å². The molecule has 0 saturated heterocycles. The fourth-order valence-corrected chi connectivity index (χ4v) is 10.9.